The van der Waals surface area contributed by atoms with Crippen molar-refractivity contribution in [2.75, 3.05) is 5.33 Å². The second-order valence-electron chi connectivity index (χ2n) is 5.99. The van der Waals surface area contributed by atoms with Gasteiger partial charge < -0.3 is 0 Å². The van der Waals surface area contributed by atoms with E-state index >= 15 is 0 Å². The molecular weight excluding hydrogens is 331 g/mol. The molecule has 0 spiro atoms. The molecule has 2 fully saturated rings. The zero-order chi connectivity index (χ0) is 12.8. The van der Waals surface area contributed by atoms with Gasteiger partial charge >= 0.3 is 0 Å². The zero-order valence-corrected chi connectivity index (χ0v) is 13.4. The quantitative estimate of drug-likeness (QED) is 0.612. The molecule has 0 aliphatic heterocycles. The summed E-state index contributed by atoms with van der Waals surface area (Å²) in [5.74, 6) is 1.84. The second-order valence-corrected chi connectivity index (χ2v) is 7.39. The summed E-state index contributed by atoms with van der Waals surface area (Å²) < 4.78 is 0. The van der Waals surface area contributed by atoms with Crippen LogP contribution in [0.2, 0.25) is 10.0 Å². The molecule has 3 atom stereocenters. The first-order chi connectivity index (χ1) is 8.63. The summed E-state index contributed by atoms with van der Waals surface area (Å²) in [4.78, 5) is 0. The third-order valence-corrected chi connectivity index (χ3v) is 6.63. The first kappa shape index (κ1) is 13.3. The van der Waals surface area contributed by atoms with Gasteiger partial charge in [-0.3, -0.25) is 0 Å². The highest BCUT2D eigenvalue weighted by atomic mass is 79.9. The Morgan fingerprint density at radius 3 is 2.67 bits per heavy atom. The Balaban J connectivity index is 1.86. The number of fused-ring (bicyclic) bond motifs is 2. The maximum Gasteiger partial charge on any atom is 0.0453 e. The fraction of sp³-hybridized carbons (Fsp3) is 0.600. The Kier molecular flexibility index (Phi) is 3.68. The number of alkyl halides is 1. The number of halogens is 3. The molecular formula is C15H17BrCl2. The van der Waals surface area contributed by atoms with Crippen LogP contribution >= 0.6 is 39.1 Å². The minimum Gasteiger partial charge on any atom is -0.0922 e. The highest BCUT2D eigenvalue weighted by Crippen LogP contribution is 2.58. The van der Waals surface area contributed by atoms with Crippen molar-refractivity contribution < 1.29 is 0 Å². The lowest BCUT2D eigenvalue weighted by Crippen LogP contribution is -2.32. The summed E-state index contributed by atoms with van der Waals surface area (Å²) in [5.41, 5.74) is 1.69. The average Bonchev–Trinajstić information content (AvgIpc) is 2.93. The Labute approximate surface area is 127 Å². The normalized spacial score (nSPS) is 34.2. The van der Waals surface area contributed by atoms with Crippen LogP contribution in [0.5, 0.6) is 0 Å². The Hall–Kier alpha value is 0.280. The Bertz CT molecular complexity index is 460. The number of benzene rings is 1. The number of rotatable bonds is 3. The smallest absolute Gasteiger partial charge is 0.0453 e. The fourth-order valence-corrected chi connectivity index (χ4v) is 5.39. The van der Waals surface area contributed by atoms with E-state index in [1.54, 1.807) is 0 Å². The molecule has 0 N–H and O–H groups in total. The van der Waals surface area contributed by atoms with Crippen LogP contribution in [0.25, 0.3) is 0 Å². The minimum absolute atomic E-state index is 0.431. The summed E-state index contributed by atoms with van der Waals surface area (Å²) in [6, 6.07) is 5.92. The fourth-order valence-electron chi connectivity index (χ4n) is 4.03. The van der Waals surface area contributed by atoms with Crippen molar-refractivity contribution in [1.29, 1.82) is 0 Å². The third kappa shape index (κ3) is 2.23. The maximum absolute atomic E-state index is 6.33. The average molecular weight is 348 g/mol. The molecule has 0 radical (unpaired) electrons. The van der Waals surface area contributed by atoms with Gasteiger partial charge in [0, 0.05) is 15.4 Å². The predicted octanol–water partition coefficient (Wildman–Crippen LogP) is 5.74. The summed E-state index contributed by atoms with van der Waals surface area (Å²) in [5, 5.41) is 2.65. The molecule has 98 valence electrons. The molecule has 0 saturated heterocycles. The van der Waals surface area contributed by atoms with E-state index in [-0.39, 0.29) is 0 Å². The van der Waals surface area contributed by atoms with E-state index in [9.17, 15) is 0 Å². The molecule has 2 aliphatic carbocycles. The highest BCUT2D eigenvalue weighted by Gasteiger charge is 2.50. The van der Waals surface area contributed by atoms with Crippen LogP contribution in [0.4, 0.5) is 0 Å². The van der Waals surface area contributed by atoms with Gasteiger partial charge in [-0.25, -0.2) is 0 Å². The van der Waals surface area contributed by atoms with Crippen molar-refractivity contribution in [3.63, 3.8) is 0 Å². The molecule has 0 amide bonds. The van der Waals surface area contributed by atoms with Crippen LogP contribution in [0, 0.1) is 17.3 Å². The van der Waals surface area contributed by atoms with Crippen LogP contribution < -0.4 is 0 Å². The van der Waals surface area contributed by atoms with Gasteiger partial charge in [-0.05, 0) is 60.6 Å². The Morgan fingerprint density at radius 2 is 2.11 bits per heavy atom. The van der Waals surface area contributed by atoms with E-state index in [2.05, 4.69) is 22.0 Å². The molecule has 3 unspecified atom stereocenters. The van der Waals surface area contributed by atoms with Gasteiger partial charge in [0.15, 0.2) is 0 Å². The molecule has 3 rings (SSSR count). The van der Waals surface area contributed by atoms with Gasteiger partial charge in [0.25, 0.3) is 0 Å². The maximum atomic E-state index is 6.33. The predicted molar refractivity (Wildman–Crippen MR) is 81.8 cm³/mol. The van der Waals surface area contributed by atoms with Crippen molar-refractivity contribution in [2.24, 2.45) is 17.3 Å². The topological polar surface area (TPSA) is 0 Å². The Morgan fingerprint density at radius 1 is 1.28 bits per heavy atom. The van der Waals surface area contributed by atoms with Gasteiger partial charge in [-0.2, -0.15) is 0 Å². The molecule has 1 aromatic rings. The molecule has 0 aromatic heterocycles. The first-order valence-electron chi connectivity index (χ1n) is 6.63. The molecule has 2 bridgehead atoms. The molecule has 2 saturated carbocycles. The molecule has 18 heavy (non-hydrogen) atoms. The summed E-state index contributed by atoms with van der Waals surface area (Å²) in [6.07, 6.45) is 6.73. The third-order valence-electron chi connectivity index (χ3n) is 4.93. The van der Waals surface area contributed by atoms with E-state index in [4.69, 9.17) is 23.2 Å². The number of hydrogen-bond donors (Lipinski definition) is 0. The standard InChI is InChI=1S/C15H17BrCl2/c16-9-15(7-10-1-3-12(15)5-10)8-11-2-4-13(17)6-14(11)18/h2,4,6,10,12H,1,3,5,7-9H2. The highest BCUT2D eigenvalue weighted by molar-refractivity contribution is 9.09. The van der Waals surface area contributed by atoms with Crippen molar-refractivity contribution in [1.82, 2.24) is 0 Å². The van der Waals surface area contributed by atoms with Crippen LogP contribution in [0.15, 0.2) is 18.2 Å². The van der Waals surface area contributed by atoms with Crippen molar-refractivity contribution in [3.8, 4) is 0 Å². The lowest BCUT2D eigenvalue weighted by Gasteiger charge is -2.36. The van der Waals surface area contributed by atoms with Crippen molar-refractivity contribution in [2.45, 2.75) is 32.1 Å². The molecule has 1 aromatic carbocycles. The van der Waals surface area contributed by atoms with E-state index < -0.39 is 0 Å². The zero-order valence-electron chi connectivity index (χ0n) is 10.3. The van der Waals surface area contributed by atoms with E-state index in [1.165, 1.54) is 31.2 Å². The van der Waals surface area contributed by atoms with Gasteiger partial charge in [0.1, 0.15) is 0 Å². The van der Waals surface area contributed by atoms with Crippen LogP contribution in [-0.4, -0.2) is 5.33 Å². The molecule has 3 heteroatoms. The second kappa shape index (κ2) is 5.00. The monoisotopic (exact) mass is 346 g/mol. The first-order valence-corrected chi connectivity index (χ1v) is 8.50. The molecule has 0 heterocycles. The summed E-state index contributed by atoms with van der Waals surface area (Å²) in [6.45, 7) is 0. The van der Waals surface area contributed by atoms with Crippen LogP contribution in [0.3, 0.4) is 0 Å². The van der Waals surface area contributed by atoms with Crippen LogP contribution in [0.1, 0.15) is 31.2 Å². The summed E-state index contributed by atoms with van der Waals surface area (Å²) >= 11 is 16.1. The van der Waals surface area contributed by atoms with E-state index in [0.29, 0.717) is 5.41 Å². The SMILES string of the molecule is Clc1ccc(CC2(CBr)CC3CCC2C3)c(Cl)c1. The van der Waals surface area contributed by atoms with Crippen molar-refractivity contribution in [3.05, 3.63) is 33.8 Å². The number of hydrogen-bond acceptors (Lipinski definition) is 0. The van der Waals surface area contributed by atoms with Crippen LogP contribution in [-0.2, 0) is 6.42 Å². The minimum atomic E-state index is 0.431. The van der Waals surface area contributed by atoms with E-state index in [0.717, 1.165) is 33.6 Å². The summed E-state index contributed by atoms with van der Waals surface area (Å²) in [7, 11) is 0. The lowest BCUT2D eigenvalue weighted by molar-refractivity contribution is 0.197. The largest absolute Gasteiger partial charge is 0.0922 e. The van der Waals surface area contributed by atoms with Crippen molar-refractivity contribution >= 4 is 39.1 Å². The van der Waals surface area contributed by atoms with E-state index in [1.807, 2.05) is 12.1 Å². The lowest BCUT2D eigenvalue weighted by atomic mass is 9.71. The van der Waals surface area contributed by atoms with Gasteiger partial charge in [-0.15, -0.1) is 0 Å². The van der Waals surface area contributed by atoms with Gasteiger partial charge in [0.2, 0.25) is 0 Å². The van der Waals surface area contributed by atoms with Gasteiger partial charge in [0.05, 0.1) is 0 Å². The molecule has 0 nitrogen and oxygen atoms in total. The molecule has 2 aliphatic rings. The van der Waals surface area contributed by atoms with Gasteiger partial charge in [-0.1, -0.05) is 51.6 Å².